The predicted molar refractivity (Wildman–Crippen MR) is 106 cm³/mol. The monoisotopic (exact) mass is 383 g/mol. The molecule has 2 aliphatic rings. The molecule has 2 atom stereocenters. The van der Waals surface area contributed by atoms with E-state index in [1.807, 2.05) is 30.3 Å². The number of rotatable bonds is 6. The molecule has 2 unspecified atom stereocenters. The Kier molecular flexibility index (Phi) is 5.51. The molecule has 1 saturated heterocycles. The minimum atomic E-state index is 0.00589. The van der Waals surface area contributed by atoms with Gasteiger partial charge in [0, 0.05) is 30.8 Å². The number of amides is 1. The van der Waals surface area contributed by atoms with Crippen LogP contribution < -0.4 is 5.32 Å². The molecule has 1 aromatic heterocycles. The van der Waals surface area contributed by atoms with Gasteiger partial charge < -0.3 is 14.6 Å². The summed E-state index contributed by atoms with van der Waals surface area (Å²) in [5, 5.41) is 7.48. The number of aromatic nitrogens is 1. The molecule has 1 aromatic carbocycles. The first-order chi connectivity index (χ1) is 13.5. The van der Waals surface area contributed by atoms with Gasteiger partial charge in [-0.15, -0.1) is 0 Å². The zero-order valence-electron chi connectivity index (χ0n) is 16.7. The molecule has 150 valence electrons. The zero-order chi connectivity index (χ0) is 19.6. The number of hydrogen-bond donors (Lipinski definition) is 1. The maximum absolute atomic E-state index is 12.4. The van der Waals surface area contributed by atoms with Crippen molar-refractivity contribution in [3.63, 3.8) is 0 Å². The highest BCUT2D eigenvalue weighted by Gasteiger charge is 2.48. The van der Waals surface area contributed by atoms with Gasteiger partial charge in [0.15, 0.2) is 5.76 Å². The average molecular weight is 383 g/mol. The number of morpholine rings is 1. The van der Waals surface area contributed by atoms with Gasteiger partial charge in [-0.2, -0.15) is 0 Å². The van der Waals surface area contributed by atoms with E-state index in [4.69, 9.17) is 9.26 Å². The van der Waals surface area contributed by atoms with E-state index in [0.717, 1.165) is 57.1 Å². The molecule has 28 heavy (non-hydrogen) atoms. The largest absolute Gasteiger partial charge is 0.379 e. The van der Waals surface area contributed by atoms with Crippen LogP contribution in [0.3, 0.4) is 0 Å². The van der Waals surface area contributed by atoms with E-state index in [2.05, 4.69) is 35.3 Å². The Balaban J connectivity index is 1.30. The fourth-order valence-electron chi connectivity index (χ4n) is 4.20. The Morgan fingerprint density at radius 1 is 1.25 bits per heavy atom. The van der Waals surface area contributed by atoms with Crippen LogP contribution in [0, 0.1) is 11.3 Å². The summed E-state index contributed by atoms with van der Waals surface area (Å²) >= 11 is 0. The summed E-state index contributed by atoms with van der Waals surface area (Å²) in [6, 6.07) is 11.7. The second-order valence-corrected chi connectivity index (χ2v) is 8.52. The standard InChI is InChI=1S/C22H29N3O3/c1-22(2)17(13-20(22)23-21(26)16-6-4-3-5-7-16)12-18-14-19(28-24-18)15-25-8-10-27-11-9-25/h3-7,14,17,20H,8-13,15H2,1-2H3,(H,23,26). The smallest absolute Gasteiger partial charge is 0.251 e. The summed E-state index contributed by atoms with van der Waals surface area (Å²) < 4.78 is 10.9. The summed E-state index contributed by atoms with van der Waals surface area (Å²) in [4.78, 5) is 14.8. The molecule has 1 saturated carbocycles. The molecule has 4 rings (SSSR count). The highest BCUT2D eigenvalue weighted by Crippen LogP contribution is 2.47. The van der Waals surface area contributed by atoms with E-state index < -0.39 is 0 Å². The zero-order valence-corrected chi connectivity index (χ0v) is 16.7. The summed E-state index contributed by atoms with van der Waals surface area (Å²) in [6.45, 7) is 8.70. The van der Waals surface area contributed by atoms with Crippen LogP contribution in [0.2, 0.25) is 0 Å². The number of carbonyl (C=O) groups is 1. The van der Waals surface area contributed by atoms with Crippen LogP contribution in [-0.4, -0.2) is 48.3 Å². The van der Waals surface area contributed by atoms with Crippen LogP contribution in [0.4, 0.5) is 0 Å². The Labute approximate surface area is 166 Å². The van der Waals surface area contributed by atoms with Crippen molar-refractivity contribution in [2.75, 3.05) is 26.3 Å². The highest BCUT2D eigenvalue weighted by atomic mass is 16.5. The maximum atomic E-state index is 12.4. The summed E-state index contributed by atoms with van der Waals surface area (Å²) in [5.41, 5.74) is 1.76. The molecule has 1 N–H and O–H groups in total. The van der Waals surface area contributed by atoms with Crippen LogP contribution in [0.25, 0.3) is 0 Å². The molecule has 2 fully saturated rings. The molecule has 2 heterocycles. The van der Waals surface area contributed by atoms with Gasteiger partial charge in [0.25, 0.3) is 5.91 Å². The van der Waals surface area contributed by atoms with Crippen molar-refractivity contribution in [2.24, 2.45) is 11.3 Å². The van der Waals surface area contributed by atoms with E-state index in [0.29, 0.717) is 11.5 Å². The van der Waals surface area contributed by atoms with Crippen molar-refractivity contribution in [3.8, 4) is 0 Å². The summed E-state index contributed by atoms with van der Waals surface area (Å²) in [5.74, 6) is 1.41. The molecule has 0 spiro atoms. The van der Waals surface area contributed by atoms with Gasteiger partial charge >= 0.3 is 0 Å². The quantitative estimate of drug-likeness (QED) is 0.831. The normalized spacial score (nSPS) is 24.5. The maximum Gasteiger partial charge on any atom is 0.251 e. The SMILES string of the molecule is CC1(C)C(Cc2cc(CN3CCOCC3)on2)CC1NC(=O)c1ccccc1. The fraction of sp³-hybridized carbons (Fsp3) is 0.545. The first-order valence-corrected chi connectivity index (χ1v) is 10.1. The van der Waals surface area contributed by atoms with Crippen LogP contribution in [0.5, 0.6) is 0 Å². The molecule has 6 heteroatoms. The van der Waals surface area contributed by atoms with Gasteiger partial charge in [0.05, 0.1) is 25.5 Å². The van der Waals surface area contributed by atoms with Crippen LogP contribution in [0.1, 0.15) is 42.1 Å². The Morgan fingerprint density at radius 2 is 2.00 bits per heavy atom. The first-order valence-electron chi connectivity index (χ1n) is 10.1. The van der Waals surface area contributed by atoms with Gasteiger partial charge in [-0.1, -0.05) is 37.2 Å². The molecule has 1 aliphatic heterocycles. The van der Waals surface area contributed by atoms with Crippen molar-refractivity contribution in [1.29, 1.82) is 0 Å². The fourth-order valence-corrected chi connectivity index (χ4v) is 4.20. The van der Waals surface area contributed by atoms with E-state index in [-0.39, 0.29) is 17.4 Å². The Bertz CT molecular complexity index is 796. The van der Waals surface area contributed by atoms with Crippen molar-refractivity contribution < 1.29 is 14.1 Å². The third kappa shape index (κ3) is 4.13. The molecule has 0 bridgehead atoms. The second kappa shape index (κ2) is 8.05. The third-order valence-electron chi connectivity index (χ3n) is 6.36. The lowest BCUT2D eigenvalue weighted by Crippen LogP contribution is -2.58. The van der Waals surface area contributed by atoms with Crippen molar-refractivity contribution in [2.45, 2.75) is 39.3 Å². The number of hydrogen-bond acceptors (Lipinski definition) is 5. The van der Waals surface area contributed by atoms with Crippen LogP contribution in [-0.2, 0) is 17.7 Å². The third-order valence-corrected chi connectivity index (χ3v) is 6.36. The van der Waals surface area contributed by atoms with E-state index >= 15 is 0 Å². The molecule has 6 nitrogen and oxygen atoms in total. The van der Waals surface area contributed by atoms with Crippen LogP contribution in [0.15, 0.2) is 40.9 Å². The van der Waals surface area contributed by atoms with Crippen molar-refractivity contribution in [3.05, 3.63) is 53.4 Å². The number of nitrogens with one attached hydrogen (secondary N) is 1. The Morgan fingerprint density at radius 3 is 2.71 bits per heavy atom. The number of carbonyl (C=O) groups excluding carboxylic acids is 1. The average Bonchev–Trinajstić information content (AvgIpc) is 3.15. The molecule has 0 radical (unpaired) electrons. The van der Waals surface area contributed by atoms with Gasteiger partial charge in [0.2, 0.25) is 0 Å². The lowest BCUT2D eigenvalue weighted by molar-refractivity contribution is 0.0138. The predicted octanol–water partition coefficient (Wildman–Crippen LogP) is 2.89. The molecule has 2 aromatic rings. The topological polar surface area (TPSA) is 67.6 Å². The first kappa shape index (κ1) is 19.2. The van der Waals surface area contributed by atoms with E-state index in [1.54, 1.807) is 0 Å². The van der Waals surface area contributed by atoms with Crippen LogP contribution >= 0.6 is 0 Å². The minimum absolute atomic E-state index is 0.00589. The lowest BCUT2D eigenvalue weighted by Gasteiger charge is -2.52. The lowest BCUT2D eigenvalue weighted by atomic mass is 9.57. The van der Waals surface area contributed by atoms with Crippen molar-refractivity contribution >= 4 is 5.91 Å². The molecule has 1 amide bonds. The Hall–Kier alpha value is -2.18. The van der Waals surface area contributed by atoms with E-state index in [1.165, 1.54) is 0 Å². The van der Waals surface area contributed by atoms with E-state index in [9.17, 15) is 4.79 Å². The summed E-state index contributed by atoms with van der Waals surface area (Å²) in [7, 11) is 0. The van der Waals surface area contributed by atoms with Gasteiger partial charge in [-0.05, 0) is 36.3 Å². The van der Waals surface area contributed by atoms with Crippen molar-refractivity contribution in [1.82, 2.24) is 15.4 Å². The molecular weight excluding hydrogens is 354 g/mol. The number of benzene rings is 1. The number of nitrogens with zero attached hydrogens (tertiary/aromatic N) is 2. The summed E-state index contributed by atoms with van der Waals surface area (Å²) in [6.07, 6.45) is 1.86. The second-order valence-electron chi connectivity index (χ2n) is 8.52. The molecular formula is C22H29N3O3. The minimum Gasteiger partial charge on any atom is -0.379 e. The number of ether oxygens (including phenoxy) is 1. The van der Waals surface area contributed by atoms with Gasteiger partial charge in [0.1, 0.15) is 0 Å². The van der Waals surface area contributed by atoms with Gasteiger partial charge in [-0.3, -0.25) is 9.69 Å². The van der Waals surface area contributed by atoms with Gasteiger partial charge in [-0.25, -0.2) is 0 Å². The molecule has 1 aliphatic carbocycles. The highest BCUT2D eigenvalue weighted by molar-refractivity contribution is 5.94.